The van der Waals surface area contributed by atoms with Crippen LogP contribution < -0.4 is 4.72 Å². The van der Waals surface area contributed by atoms with Gasteiger partial charge in [-0.2, -0.15) is 18.3 Å². The molecule has 0 unspecified atom stereocenters. The molecule has 0 amide bonds. The number of carbonyl (C=O) groups is 1. The van der Waals surface area contributed by atoms with Crippen LogP contribution in [0.1, 0.15) is 22.8 Å². The molecular weight excluding hydrogens is 351 g/mol. The summed E-state index contributed by atoms with van der Waals surface area (Å²) in [5, 5.41) is 5.83. The van der Waals surface area contributed by atoms with Crippen molar-refractivity contribution in [3.05, 3.63) is 41.6 Å². The van der Waals surface area contributed by atoms with E-state index in [1.54, 1.807) is 6.92 Å². The first-order valence-electron chi connectivity index (χ1n) is 6.55. The number of benzene rings is 1. The Kier molecular flexibility index (Phi) is 4.83. The first kappa shape index (κ1) is 17.8. The quantitative estimate of drug-likeness (QED) is 0.795. The van der Waals surface area contributed by atoms with E-state index in [1.807, 2.05) is 0 Å². The fourth-order valence-electron chi connectivity index (χ4n) is 1.74. The maximum Gasteiger partial charge on any atom is 0.416 e. The third-order valence-electron chi connectivity index (χ3n) is 2.86. The lowest BCUT2D eigenvalue weighted by Crippen LogP contribution is -2.16. The van der Waals surface area contributed by atoms with Gasteiger partial charge in [0.2, 0.25) is 0 Å². The van der Waals surface area contributed by atoms with Crippen LogP contribution in [0.15, 0.2) is 35.4 Å². The summed E-state index contributed by atoms with van der Waals surface area (Å²) in [5.41, 5.74) is -1.12. The van der Waals surface area contributed by atoms with Gasteiger partial charge in [-0.1, -0.05) is 0 Å². The van der Waals surface area contributed by atoms with E-state index >= 15 is 0 Å². The largest absolute Gasteiger partial charge is 0.462 e. The number of rotatable bonds is 5. The Morgan fingerprint density at radius 2 is 1.92 bits per heavy atom. The van der Waals surface area contributed by atoms with Crippen molar-refractivity contribution in [1.29, 1.82) is 0 Å². The van der Waals surface area contributed by atoms with Crippen molar-refractivity contribution in [2.75, 3.05) is 11.3 Å². The van der Waals surface area contributed by atoms with Gasteiger partial charge in [-0.25, -0.2) is 13.2 Å². The molecule has 2 N–H and O–H groups in total. The van der Waals surface area contributed by atoms with Crippen molar-refractivity contribution in [2.45, 2.75) is 18.0 Å². The summed E-state index contributed by atoms with van der Waals surface area (Å²) in [6.45, 7) is 1.65. The second-order valence-corrected chi connectivity index (χ2v) is 6.19. The minimum Gasteiger partial charge on any atom is -0.462 e. The summed E-state index contributed by atoms with van der Waals surface area (Å²) >= 11 is 0. The fourth-order valence-corrected chi connectivity index (χ4v) is 2.78. The van der Waals surface area contributed by atoms with E-state index in [1.165, 1.54) is 0 Å². The van der Waals surface area contributed by atoms with Crippen LogP contribution in [-0.4, -0.2) is 31.2 Å². The van der Waals surface area contributed by atoms with Crippen LogP contribution in [0.25, 0.3) is 0 Å². The van der Waals surface area contributed by atoms with Crippen LogP contribution in [0.2, 0.25) is 0 Å². The molecule has 0 aliphatic heterocycles. The van der Waals surface area contributed by atoms with E-state index < -0.39 is 32.6 Å². The van der Waals surface area contributed by atoms with Gasteiger partial charge < -0.3 is 4.74 Å². The van der Waals surface area contributed by atoms with E-state index in [4.69, 9.17) is 4.74 Å². The average Bonchev–Trinajstić information content (AvgIpc) is 2.94. The molecule has 1 aromatic carbocycles. The van der Waals surface area contributed by atoms with Gasteiger partial charge in [-0.05, 0) is 31.2 Å². The third-order valence-corrected chi connectivity index (χ3v) is 4.23. The zero-order chi connectivity index (χ0) is 18.0. The van der Waals surface area contributed by atoms with Crippen molar-refractivity contribution in [3.8, 4) is 0 Å². The van der Waals surface area contributed by atoms with Gasteiger partial charge >= 0.3 is 12.1 Å². The molecule has 1 aromatic heterocycles. The Morgan fingerprint density at radius 3 is 2.46 bits per heavy atom. The molecule has 0 bridgehead atoms. The van der Waals surface area contributed by atoms with Gasteiger partial charge in [0.1, 0.15) is 11.4 Å². The van der Waals surface area contributed by atoms with Crippen molar-refractivity contribution < 1.29 is 31.1 Å². The van der Waals surface area contributed by atoms with E-state index in [0.717, 1.165) is 18.3 Å². The number of ether oxygens (including phenoxy) is 1. The number of nitrogens with zero attached hydrogens (tertiary/aromatic N) is 1. The van der Waals surface area contributed by atoms with Crippen LogP contribution in [-0.2, 0) is 20.9 Å². The number of halogens is 3. The summed E-state index contributed by atoms with van der Waals surface area (Å²) in [5.74, 6) is -1.04. The monoisotopic (exact) mass is 363 g/mol. The van der Waals surface area contributed by atoms with Crippen LogP contribution in [0.4, 0.5) is 19.0 Å². The Balaban J connectivity index is 2.27. The highest BCUT2D eigenvalue weighted by molar-refractivity contribution is 7.92. The Labute approximate surface area is 134 Å². The lowest BCUT2D eigenvalue weighted by atomic mass is 10.2. The molecule has 2 rings (SSSR count). The van der Waals surface area contributed by atoms with E-state index in [2.05, 4.69) is 14.9 Å². The van der Waals surface area contributed by atoms with Gasteiger partial charge in [0.05, 0.1) is 23.3 Å². The van der Waals surface area contributed by atoms with Gasteiger partial charge in [-0.3, -0.25) is 9.82 Å². The van der Waals surface area contributed by atoms with Crippen LogP contribution in [0.3, 0.4) is 0 Å². The number of esters is 1. The standard InChI is InChI=1S/C13H12F3N3O4S/c1-2-23-12(20)10-7-17-18-11(10)19-24(21,22)9-5-3-8(4-6-9)13(14,15)16/h3-7H,2H2,1H3,(H2,17,18,19). The first-order valence-corrected chi connectivity index (χ1v) is 8.04. The van der Waals surface area contributed by atoms with E-state index in [9.17, 15) is 26.4 Å². The zero-order valence-corrected chi connectivity index (χ0v) is 13.0. The van der Waals surface area contributed by atoms with Gasteiger partial charge in [0.25, 0.3) is 10.0 Å². The molecule has 0 fully saturated rings. The molecule has 11 heteroatoms. The number of alkyl halides is 3. The number of carbonyl (C=O) groups excluding carboxylic acids is 1. The molecule has 0 aliphatic carbocycles. The number of aromatic nitrogens is 2. The smallest absolute Gasteiger partial charge is 0.416 e. The highest BCUT2D eigenvalue weighted by Crippen LogP contribution is 2.30. The SMILES string of the molecule is CCOC(=O)c1cn[nH]c1NS(=O)(=O)c1ccc(C(F)(F)F)cc1. The topological polar surface area (TPSA) is 101 Å². The predicted octanol–water partition coefficient (Wildman–Crippen LogP) is 2.41. The van der Waals surface area contributed by atoms with Crippen molar-refractivity contribution in [2.24, 2.45) is 0 Å². The Bertz CT molecular complexity index is 829. The Morgan fingerprint density at radius 1 is 1.29 bits per heavy atom. The number of anilines is 1. The van der Waals surface area contributed by atoms with E-state index in [-0.39, 0.29) is 18.0 Å². The summed E-state index contributed by atoms with van der Waals surface area (Å²) in [6, 6.07) is 2.92. The second-order valence-electron chi connectivity index (χ2n) is 4.51. The molecule has 1 heterocycles. The van der Waals surface area contributed by atoms with Crippen LogP contribution >= 0.6 is 0 Å². The van der Waals surface area contributed by atoms with Gasteiger partial charge in [0, 0.05) is 0 Å². The minimum absolute atomic E-state index is 0.0785. The van der Waals surface area contributed by atoms with Gasteiger partial charge in [-0.15, -0.1) is 0 Å². The zero-order valence-electron chi connectivity index (χ0n) is 12.2. The van der Waals surface area contributed by atoms with Crippen molar-refractivity contribution in [1.82, 2.24) is 10.2 Å². The molecule has 0 saturated heterocycles. The van der Waals surface area contributed by atoms with Crippen LogP contribution in [0.5, 0.6) is 0 Å². The van der Waals surface area contributed by atoms with Gasteiger partial charge in [0.15, 0.2) is 0 Å². The summed E-state index contributed by atoms with van der Waals surface area (Å²) in [4.78, 5) is 11.3. The maximum absolute atomic E-state index is 12.5. The number of hydrogen-bond acceptors (Lipinski definition) is 5. The van der Waals surface area contributed by atoms with Crippen molar-refractivity contribution in [3.63, 3.8) is 0 Å². The molecule has 2 aromatic rings. The maximum atomic E-state index is 12.5. The highest BCUT2D eigenvalue weighted by atomic mass is 32.2. The average molecular weight is 363 g/mol. The fraction of sp³-hybridized carbons (Fsp3) is 0.231. The number of aromatic amines is 1. The predicted molar refractivity (Wildman–Crippen MR) is 76.8 cm³/mol. The summed E-state index contributed by atoms with van der Waals surface area (Å²) in [7, 11) is -4.21. The lowest BCUT2D eigenvalue weighted by Gasteiger charge is -2.10. The van der Waals surface area contributed by atoms with E-state index in [0.29, 0.717) is 12.1 Å². The molecule has 0 radical (unpaired) electrons. The summed E-state index contributed by atoms with van der Waals surface area (Å²) in [6.07, 6.45) is -3.50. The third kappa shape index (κ3) is 3.85. The number of nitrogens with one attached hydrogen (secondary N) is 2. The number of H-pyrrole nitrogens is 1. The molecule has 7 nitrogen and oxygen atoms in total. The Hall–Kier alpha value is -2.56. The number of sulfonamides is 1. The highest BCUT2D eigenvalue weighted by Gasteiger charge is 2.31. The molecule has 0 saturated carbocycles. The minimum atomic E-state index is -4.57. The molecule has 0 spiro atoms. The molecule has 0 atom stereocenters. The normalized spacial score (nSPS) is 12.0. The first-order chi connectivity index (χ1) is 11.1. The molecular formula is C13H12F3N3O4S. The lowest BCUT2D eigenvalue weighted by molar-refractivity contribution is -0.137. The molecule has 130 valence electrons. The summed E-state index contributed by atoms with van der Waals surface area (Å²) < 4.78 is 68.7. The number of hydrogen-bond donors (Lipinski definition) is 2. The van der Waals surface area contributed by atoms with Crippen LogP contribution in [0, 0.1) is 0 Å². The second kappa shape index (κ2) is 6.51. The molecule has 0 aliphatic rings. The van der Waals surface area contributed by atoms with Crippen molar-refractivity contribution >= 4 is 21.8 Å². The molecule has 24 heavy (non-hydrogen) atoms.